The minimum atomic E-state index is -0.502. The lowest BCUT2D eigenvalue weighted by atomic mass is 10.0. The maximum absolute atomic E-state index is 12.8. The van der Waals surface area contributed by atoms with E-state index in [0.717, 1.165) is 27.8 Å². The van der Waals surface area contributed by atoms with Gasteiger partial charge in [0, 0.05) is 24.2 Å². The summed E-state index contributed by atoms with van der Waals surface area (Å²) in [7, 11) is 0. The Balaban J connectivity index is 1.04. The molecule has 2 amide bonds. The lowest BCUT2D eigenvalue weighted by Crippen LogP contribution is -2.26. The number of amides is 2. The molecular weight excluding hydrogens is 516 g/mol. The van der Waals surface area contributed by atoms with Crippen LogP contribution in [0.3, 0.4) is 0 Å². The van der Waals surface area contributed by atoms with E-state index < -0.39 is 5.91 Å². The Hall–Kier alpha value is -5.57. The molecular formula is C32H26N6O3. The second-order valence-electron chi connectivity index (χ2n) is 9.34. The summed E-state index contributed by atoms with van der Waals surface area (Å²) in [4.78, 5) is 34.2. The topological polar surface area (TPSA) is 115 Å². The number of hydrogen-bond donors (Lipinski definition) is 2. The van der Waals surface area contributed by atoms with E-state index in [1.54, 1.807) is 12.1 Å². The Morgan fingerprint density at radius 1 is 0.707 bits per heavy atom. The number of rotatable bonds is 9. The van der Waals surface area contributed by atoms with Gasteiger partial charge in [-0.15, -0.1) is 0 Å². The number of imidazole rings is 1. The van der Waals surface area contributed by atoms with Crippen LogP contribution in [0.1, 0.15) is 32.7 Å². The second-order valence-corrected chi connectivity index (χ2v) is 9.34. The summed E-state index contributed by atoms with van der Waals surface area (Å²) in [5, 5.41) is 9.57. The largest absolute Gasteiger partial charge is 0.352 e. The first-order valence-electron chi connectivity index (χ1n) is 13.2. The fourth-order valence-electron chi connectivity index (χ4n) is 4.58. The molecule has 0 radical (unpaired) electrons. The first kappa shape index (κ1) is 25.7. The van der Waals surface area contributed by atoms with Crippen LogP contribution in [-0.4, -0.2) is 38.1 Å². The van der Waals surface area contributed by atoms with Crippen molar-refractivity contribution in [2.45, 2.75) is 13.0 Å². The van der Waals surface area contributed by atoms with Crippen LogP contribution in [0.5, 0.6) is 0 Å². The molecule has 0 aliphatic carbocycles. The van der Waals surface area contributed by atoms with Crippen LogP contribution in [0.25, 0.3) is 27.8 Å². The molecule has 0 bridgehead atoms. The van der Waals surface area contributed by atoms with Crippen LogP contribution in [0.2, 0.25) is 0 Å². The zero-order valence-electron chi connectivity index (χ0n) is 22.0. The van der Waals surface area contributed by atoms with Gasteiger partial charge in [0.2, 0.25) is 0 Å². The average Bonchev–Trinajstić information content (AvgIpc) is 3.66. The quantitative estimate of drug-likeness (QED) is 0.266. The molecule has 0 aliphatic rings. The molecule has 4 aromatic carbocycles. The molecule has 9 heteroatoms. The van der Waals surface area contributed by atoms with Gasteiger partial charge in [0.15, 0.2) is 5.82 Å². The molecule has 202 valence electrons. The van der Waals surface area contributed by atoms with Crippen molar-refractivity contribution >= 4 is 22.8 Å². The van der Waals surface area contributed by atoms with Gasteiger partial charge in [-0.05, 0) is 47.5 Å². The Morgan fingerprint density at radius 3 is 2.17 bits per heavy atom. The van der Waals surface area contributed by atoms with Crippen molar-refractivity contribution in [2.75, 3.05) is 6.54 Å². The highest BCUT2D eigenvalue weighted by atomic mass is 16.5. The van der Waals surface area contributed by atoms with Crippen molar-refractivity contribution in [1.82, 2.24) is 30.3 Å². The first-order chi connectivity index (χ1) is 20.2. The van der Waals surface area contributed by atoms with Crippen LogP contribution >= 0.6 is 0 Å². The molecule has 9 nitrogen and oxygen atoms in total. The van der Waals surface area contributed by atoms with E-state index in [1.807, 2.05) is 102 Å². The van der Waals surface area contributed by atoms with Crippen molar-refractivity contribution in [1.29, 1.82) is 0 Å². The predicted octanol–water partition coefficient (Wildman–Crippen LogP) is 4.98. The Kier molecular flexibility index (Phi) is 7.31. The summed E-state index contributed by atoms with van der Waals surface area (Å²) in [6.07, 6.45) is 0.314. The fourth-order valence-corrected chi connectivity index (χ4v) is 4.58. The summed E-state index contributed by atoms with van der Waals surface area (Å²) < 4.78 is 7.18. The molecule has 0 fully saturated rings. The molecule has 0 aliphatic heterocycles. The van der Waals surface area contributed by atoms with Crippen molar-refractivity contribution in [3.8, 4) is 16.8 Å². The summed E-state index contributed by atoms with van der Waals surface area (Å²) in [5.74, 6) is 0.145. The molecule has 0 spiro atoms. The first-order valence-corrected chi connectivity index (χ1v) is 13.2. The van der Waals surface area contributed by atoms with Crippen molar-refractivity contribution in [3.63, 3.8) is 0 Å². The Morgan fingerprint density at radius 2 is 1.39 bits per heavy atom. The molecule has 0 saturated carbocycles. The number of carbonyl (C=O) groups excluding carboxylic acids is 2. The number of aromatic nitrogens is 4. The smallest absolute Gasteiger partial charge is 0.315 e. The third-order valence-electron chi connectivity index (χ3n) is 6.60. The van der Waals surface area contributed by atoms with E-state index in [0.29, 0.717) is 30.2 Å². The van der Waals surface area contributed by atoms with Gasteiger partial charge in [-0.2, -0.15) is 4.98 Å². The molecule has 2 heterocycles. The minimum absolute atomic E-state index is 0.148. The molecule has 6 aromatic rings. The van der Waals surface area contributed by atoms with E-state index >= 15 is 0 Å². The SMILES string of the molecule is O=C(NCCc1noc(C(=O)NCc2nc3ccccc3n2-c2ccccc2)n1)c1ccc(-c2ccccc2)cc1. The zero-order chi connectivity index (χ0) is 28.0. The van der Waals surface area contributed by atoms with E-state index in [2.05, 4.69) is 20.8 Å². The molecule has 6 rings (SSSR count). The van der Waals surface area contributed by atoms with Gasteiger partial charge in [0.1, 0.15) is 5.82 Å². The molecule has 41 heavy (non-hydrogen) atoms. The number of hydrogen-bond acceptors (Lipinski definition) is 6. The Bertz CT molecular complexity index is 1790. The van der Waals surface area contributed by atoms with Gasteiger partial charge in [-0.1, -0.05) is 78.0 Å². The molecule has 0 unspecified atom stereocenters. The number of nitrogens with one attached hydrogen (secondary N) is 2. The molecule has 0 atom stereocenters. The highest BCUT2D eigenvalue weighted by Gasteiger charge is 2.18. The number of benzene rings is 4. The predicted molar refractivity (Wildman–Crippen MR) is 154 cm³/mol. The lowest BCUT2D eigenvalue weighted by molar-refractivity contribution is 0.0904. The molecule has 2 N–H and O–H groups in total. The van der Waals surface area contributed by atoms with Gasteiger partial charge < -0.3 is 15.2 Å². The van der Waals surface area contributed by atoms with Crippen LogP contribution in [0, 0.1) is 0 Å². The van der Waals surface area contributed by atoms with Gasteiger partial charge >= 0.3 is 11.8 Å². The second kappa shape index (κ2) is 11.7. The highest BCUT2D eigenvalue weighted by Crippen LogP contribution is 2.22. The third kappa shape index (κ3) is 5.74. The number of para-hydroxylation sites is 3. The van der Waals surface area contributed by atoms with Crippen LogP contribution in [-0.2, 0) is 13.0 Å². The van der Waals surface area contributed by atoms with Crippen molar-refractivity contribution in [2.24, 2.45) is 0 Å². The normalized spacial score (nSPS) is 10.9. The lowest BCUT2D eigenvalue weighted by Gasteiger charge is -2.09. The van der Waals surface area contributed by atoms with Crippen LogP contribution in [0.15, 0.2) is 114 Å². The maximum Gasteiger partial charge on any atom is 0.315 e. The summed E-state index contributed by atoms with van der Waals surface area (Å²) in [6, 6.07) is 35.0. The number of nitrogens with zero attached hydrogens (tertiary/aromatic N) is 4. The monoisotopic (exact) mass is 542 g/mol. The van der Waals surface area contributed by atoms with E-state index in [-0.39, 0.29) is 18.3 Å². The summed E-state index contributed by atoms with van der Waals surface area (Å²) in [6.45, 7) is 0.459. The van der Waals surface area contributed by atoms with Gasteiger partial charge in [0.05, 0.1) is 17.6 Å². The van der Waals surface area contributed by atoms with Gasteiger partial charge in [0.25, 0.3) is 5.91 Å². The van der Waals surface area contributed by atoms with Crippen molar-refractivity contribution in [3.05, 3.63) is 132 Å². The molecule has 2 aromatic heterocycles. The van der Waals surface area contributed by atoms with Gasteiger partial charge in [-0.25, -0.2) is 4.98 Å². The fraction of sp³-hybridized carbons (Fsp3) is 0.0938. The zero-order valence-corrected chi connectivity index (χ0v) is 22.0. The van der Waals surface area contributed by atoms with Crippen LogP contribution < -0.4 is 10.6 Å². The van der Waals surface area contributed by atoms with Crippen molar-refractivity contribution < 1.29 is 14.1 Å². The summed E-state index contributed by atoms with van der Waals surface area (Å²) in [5.41, 5.74) is 5.40. The van der Waals surface area contributed by atoms with E-state index in [9.17, 15) is 9.59 Å². The van der Waals surface area contributed by atoms with E-state index in [4.69, 9.17) is 9.51 Å². The Labute approximate surface area is 235 Å². The maximum atomic E-state index is 12.8. The number of carbonyl (C=O) groups is 2. The third-order valence-corrected chi connectivity index (χ3v) is 6.60. The van der Waals surface area contributed by atoms with E-state index in [1.165, 1.54) is 0 Å². The van der Waals surface area contributed by atoms with Gasteiger partial charge in [-0.3, -0.25) is 14.2 Å². The molecule has 0 saturated heterocycles. The minimum Gasteiger partial charge on any atom is -0.352 e. The average molecular weight is 543 g/mol. The highest BCUT2D eigenvalue weighted by molar-refractivity contribution is 5.94. The summed E-state index contributed by atoms with van der Waals surface area (Å²) >= 11 is 0. The van der Waals surface area contributed by atoms with Crippen LogP contribution in [0.4, 0.5) is 0 Å². The number of fused-ring (bicyclic) bond motifs is 1. The standard InChI is InChI=1S/C32H26N6O3/c39-30(24-17-15-23(16-18-24)22-9-3-1-4-10-22)33-20-19-28-36-32(41-37-28)31(40)34-21-29-35-26-13-7-8-14-27(26)38(29)25-11-5-2-6-12-25/h1-18H,19-21H2,(H,33,39)(H,34,40).